The number of amidine groups is 1. The molecule has 0 fully saturated rings. The molecule has 0 radical (unpaired) electrons. The molecule has 1 aromatic heterocycles. The van der Waals surface area contributed by atoms with E-state index in [0.29, 0.717) is 33.3 Å². The summed E-state index contributed by atoms with van der Waals surface area (Å²) in [5, 5.41) is 6.12. The van der Waals surface area contributed by atoms with Crippen LogP contribution in [-0.2, 0) is 17.4 Å². The monoisotopic (exact) mass is 480 g/mol. The minimum atomic E-state index is -4.42. The molecule has 2 aromatic carbocycles. The summed E-state index contributed by atoms with van der Waals surface area (Å²) in [7, 11) is 0. The molecule has 0 aliphatic carbocycles. The molecule has 1 unspecified atom stereocenters. The van der Waals surface area contributed by atoms with Crippen molar-refractivity contribution in [1.29, 1.82) is 0 Å². The minimum Gasteiger partial charge on any atom is -0.270 e. The fourth-order valence-corrected chi connectivity index (χ4v) is 4.02. The summed E-state index contributed by atoms with van der Waals surface area (Å²) in [5.41, 5.74) is 2.64. The number of allylic oxidation sites excluding steroid dienone is 1. The predicted molar refractivity (Wildman–Crippen MR) is 124 cm³/mol. The number of pyridine rings is 1. The first kappa shape index (κ1) is 22.0. The number of hydrogen-bond acceptors (Lipinski definition) is 4. The highest BCUT2D eigenvalue weighted by Crippen LogP contribution is 2.35. The van der Waals surface area contributed by atoms with Gasteiger partial charge in [0.1, 0.15) is 6.04 Å². The number of nitrogens with zero attached hydrogens (tertiary/aromatic N) is 4. The van der Waals surface area contributed by atoms with Gasteiger partial charge in [-0.2, -0.15) is 23.3 Å². The van der Waals surface area contributed by atoms with E-state index in [1.54, 1.807) is 30.6 Å². The fraction of sp³-hybridized carbons (Fsp3) is 0.120. The van der Waals surface area contributed by atoms with Crippen molar-refractivity contribution in [2.75, 3.05) is 0 Å². The lowest BCUT2D eigenvalue weighted by Crippen LogP contribution is -2.34. The third kappa shape index (κ3) is 4.12. The highest BCUT2D eigenvalue weighted by atomic mass is 35.5. The van der Waals surface area contributed by atoms with E-state index in [2.05, 4.69) is 15.1 Å². The molecule has 34 heavy (non-hydrogen) atoms. The van der Waals surface area contributed by atoms with Crippen molar-refractivity contribution in [2.24, 2.45) is 10.1 Å². The van der Waals surface area contributed by atoms with Crippen LogP contribution in [0, 0.1) is 0 Å². The van der Waals surface area contributed by atoms with Gasteiger partial charge in [0.25, 0.3) is 5.91 Å². The van der Waals surface area contributed by atoms with Gasteiger partial charge < -0.3 is 0 Å². The van der Waals surface area contributed by atoms with Crippen LogP contribution in [0.4, 0.5) is 13.2 Å². The molecule has 2 aliphatic heterocycles. The summed E-state index contributed by atoms with van der Waals surface area (Å²) in [6.07, 6.45) is -1.03. The topological polar surface area (TPSA) is 57.9 Å². The van der Waals surface area contributed by atoms with E-state index in [9.17, 15) is 18.0 Å². The molecule has 2 aliphatic rings. The van der Waals surface area contributed by atoms with Gasteiger partial charge in [0.15, 0.2) is 5.84 Å². The van der Waals surface area contributed by atoms with E-state index in [0.717, 1.165) is 17.7 Å². The number of amides is 1. The smallest absolute Gasteiger partial charge is 0.270 e. The highest BCUT2D eigenvalue weighted by molar-refractivity contribution is 6.42. The Labute approximate surface area is 197 Å². The average Bonchev–Trinajstić information content (AvgIpc) is 3.14. The van der Waals surface area contributed by atoms with E-state index in [4.69, 9.17) is 11.6 Å². The maximum Gasteiger partial charge on any atom is 0.416 e. The molecule has 9 heteroatoms. The number of carbonyl (C=O) groups is 1. The Bertz CT molecular complexity index is 1330. The molecular formula is C25H16ClF3N4O. The van der Waals surface area contributed by atoms with Crippen LogP contribution < -0.4 is 0 Å². The molecular weight excluding hydrogens is 465 g/mol. The Hall–Kier alpha value is -3.78. The van der Waals surface area contributed by atoms with Crippen LogP contribution in [0.5, 0.6) is 0 Å². The number of aromatic nitrogens is 1. The average molecular weight is 481 g/mol. The van der Waals surface area contributed by atoms with Gasteiger partial charge in [-0.05, 0) is 47.5 Å². The molecule has 0 N–H and O–H groups in total. The van der Waals surface area contributed by atoms with Crippen LogP contribution in [0.2, 0.25) is 5.02 Å². The van der Waals surface area contributed by atoms with Crippen LogP contribution in [0.25, 0.3) is 11.1 Å². The van der Waals surface area contributed by atoms with Crippen molar-refractivity contribution in [3.63, 3.8) is 0 Å². The summed E-state index contributed by atoms with van der Waals surface area (Å²) >= 11 is 6.07. The zero-order chi connectivity index (χ0) is 23.9. The molecule has 3 aromatic rings. The second-order valence-corrected chi connectivity index (χ2v) is 8.21. The third-order valence-corrected chi connectivity index (χ3v) is 5.80. The Morgan fingerprint density at radius 1 is 0.971 bits per heavy atom. The van der Waals surface area contributed by atoms with Crippen LogP contribution in [0.15, 0.2) is 83.0 Å². The molecule has 1 amide bonds. The minimum absolute atomic E-state index is 0.152. The van der Waals surface area contributed by atoms with Crippen molar-refractivity contribution < 1.29 is 18.0 Å². The summed E-state index contributed by atoms with van der Waals surface area (Å²) in [5.74, 6) is 0.0186. The van der Waals surface area contributed by atoms with E-state index >= 15 is 0 Å². The fourth-order valence-electron chi connectivity index (χ4n) is 3.89. The van der Waals surface area contributed by atoms with Crippen molar-refractivity contribution in [1.82, 2.24) is 9.99 Å². The first-order chi connectivity index (χ1) is 16.3. The Morgan fingerprint density at radius 2 is 1.71 bits per heavy atom. The number of hydrazone groups is 1. The third-order valence-electron chi connectivity index (χ3n) is 5.55. The molecule has 0 saturated heterocycles. The van der Waals surface area contributed by atoms with Gasteiger partial charge in [-0.1, -0.05) is 41.9 Å². The standard InChI is InChI=1S/C25H16ClF3N4O/c26-18-10-6-16(7-11-18)22-19(20-3-1-2-12-30-20)14-31-33-23(22)32-21(24(33)34)13-15-4-8-17(9-5-15)25(27,28)29/h1-12,14,21H,13H2. The zero-order valence-electron chi connectivity index (χ0n) is 17.5. The Morgan fingerprint density at radius 3 is 2.35 bits per heavy atom. The number of halogens is 4. The van der Waals surface area contributed by atoms with Crippen molar-refractivity contribution in [3.05, 3.63) is 100 Å². The van der Waals surface area contributed by atoms with Gasteiger partial charge in [-0.3, -0.25) is 14.8 Å². The van der Waals surface area contributed by atoms with Gasteiger partial charge in [0.2, 0.25) is 0 Å². The van der Waals surface area contributed by atoms with Crippen LogP contribution in [-0.4, -0.2) is 34.0 Å². The number of rotatable bonds is 4. The maximum absolute atomic E-state index is 13.1. The van der Waals surface area contributed by atoms with E-state index in [1.165, 1.54) is 17.1 Å². The number of alkyl halides is 3. The van der Waals surface area contributed by atoms with Crippen LogP contribution in [0.3, 0.4) is 0 Å². The van der Waals surface area contributed by atoms with Gasteiger partial charge in [0.05, 0.1) is 17.5 Å². The summed E-state index contributed by atoms with van der Waals surface area (Å²) in [6.45, 7) is 0. The predicted octanol–water partition coefficient (Wildman–Crippen LogP) is 5.52. The second-order valence-electron chi connectivity index (χ2n) is 7.77. The van der Waals surface area contributed by atoms with Crippen molar-refractivity contribution >= 4 is 40.7 Å². The van der Waals surface area contributed by atoms with Crippen molar-refractivity contribution in [3.8, 4) is 0 Å². The molecule has 3 heterocycles. The first-order valence-corrected chi connectivity index (χ1v) is 10.7. The first-order valence-electron chi connectivity index (χ1n) is 10.3. The summed E-state index contributed by atoms with van der Waals surface area (Å²) in [6, 6.07) is 16.6. The lowest BCUT2D eigenvalue weighted by atomic mass is 9.96. The quantitative estimate of drug-likeness (QED) is 0.494. The normalized spacial score (nSPS) is 17.8. The number of carbonyl (C=O) groups excluding carboxylic acids is 1. The SMILES string of the molecule is O=C1C(Cc2ccc(C(F)(F)F)cc2)N=C2C(c3ccc(Cl)cc3)=C(c3ccccn3)C=NN12. The van der Waals surface area contributed by atoms with Gasteiger partial charge in [-0.15, -0.1) is 0 Å². The lowest BCUT2D eigenvalue weighted by molar-refractivity contribution is -0.137. The Balaban J connectivity index is 1.54. The molecule has 1 atom stereocenters. The largest absolute Gasteiger partial charge is 0.416 e. The van der Waals surface area contributed by atoms with E-state index in [1.807, 2.05) is 24.3 Å². The number of hydrogen-bond donors (Lipinski definition) is 0. The van der Waals surface area contributed by atoms with Crippen LogP contribution in [0.1, 0.15) is 22.4 Å². The zero-order valence-corrected chi connectivity index (χ0v) is 18.3. The van der Waals surface area contributed by atoms with Gasteiger partial charge in [0, 0.05) is 28.8 Å². The molecule has 0 bridgehead atoms. The van der Waals surface area contributed by atoms with Crippen molar-refractivity contribution in [2.45, 2.75) is 18.6 Å². The Kier molecular flexibility index (Phi) is 5.53. The number of benzene rings is 2. The number of fused-ring (bicyclic) bond motifs is 1. The summed E-state index contributed by atoms with van der Waals surface area (Å²) < 4.78 is 38.6. The van der Waals surface area contributed by atoms with Crippen LogP contribution >= 0.6 is 11.6 Å². The molecule has 0 saturated carbocycles. The van der Waals surface area contributed by atoms with E-state index < -0.39 is 17.8 Å². The molecule has 0 spiro atoms. The second kappa shape index (κ2) is 8.53. The lowest BCUT2D eigenvalue weighted by Gasteiger charge is -2.22. The molecule has 5 nitrogen and oxygen atoms in total. The van der Waals surface area contributed by atoms with Gasteiger partial charge in [-0.25, -0.2) is 0 Å². The number of aliphatic imine (C=N–C) groups is 1. The molecule has 170 valence electrons. The molecule has 5 rings (SSSR count). The maximum atomic E-state index is 13.1. The summed E-state index contributed by atoms with van der Waals surface area (Å²) in [4.78, 5) is 22.2. The van der Waals surface area contributed by atoms with Gasteiger partial charge >= 0.3 is 6.18 Å². The highest BCUT2D eigenvalue weighted by Gasteiger charge is 2.40. The van der Waals surface area contributed by atoms with E-state index in [-0.39, 0.29) is 12.3 Å².